The SMILES string of the molecule is Cc1ccc(-n2ncc(C#N)c2C(C)C)cc1. The van der Waals surface area contributed by atoms with Gasteiger partial charge < -0.3 is 0 Å². The number of nitrogens with zero attached hydrogens (tertiary/aromatic N) is 3. The molecule has 1 aromatic carbocycles. The van der Waals surface area contributed by atoms with Gasteiger partial charge in [0, 0.05) is 0 Å². The van der Waals surface area contributed by atoms with E-state index in [1.807, 2.05) is 28.9 Å². The summed E-state index contributed by atoms with van der Waals surface area (Å²) in [6.45, 7) is 6.20. The van der Waals surface area contributed by atoms with Crippen LogP contribution in [0.5, 0.6) is 0 Å². The standard InChI is InChI=1S/C14H15N3/c1-10(2)14-12(8-15)9-16-17(14)13-6-4-11(3)5-7-13/h4-7,9-10H,1-3H3. The molecule has 0 N–H and O–H groups in total. The molecular formula is C14H15N3. The van der Waals surface area contributed by atoms with E-state index in [1.165, 1.54) is 5.56 Å². The van der Waals surface area contributed by atoms with Gasteiger partial charge in [0.25, 0.3) is 0 Å². The van der Waals surface area contributed by atoms with Crippen LogP contribution >= 0.6 is 0 Å². The highest BCUT2D eigenvalue weighted by Gasteiger charge is 2.14. The Bertz CT molecular complexity index is 556. The third kappa shape index (κ3) is 2.07. The number of nitriles is 1. The first kappa shape index (κ1) is 11.4. The molecule has 1 heterocycles. The predicted molar refractivity (Wildman–Crippen MR) is 67.1 cm³/mol. The van der Waals surface area contributed by atoms with Gasteiger partial charge in [-0.2, -0.15) is 10.4 Å². The molecule has 0 bridgehead atoms. The Morgan fingerprint density at radius 1 is 1.24 bits per heavy atom. The summed E-state index contributed by atoms with van der Waals surface area (Å²) in [4.78, 5) is 0. The molecule has 0 aliphatic carbocycles. The van der Waals surface area contributed by atoms with Crippen LogP contribution in [0.4, 0.5) is 0 Å². The largest absolute Gasteiger partial charge is 0.236 e. The molecule has 0 spiro atoms. The van der Waals surface area contributed by atoms with Crippen molar-refractivity contribution in [1.29, 1.82) is 5.26 Å². The van der Waals surface area contributed by atoms with Gasteiger partial charge in [0.05, 0.1) is 23.1 Å². The lowest BCUT2D eigenvalue weighted by Gasteiger charge is -2.10. The summed E-state index contributed by atoms with van der Waals surface area (Å²) in [5.74, 6) is 0.272. The van der Waals surface area contributed by atoms with Gasteiger partial charge in [-0.05, 0) is 25.0 Å². The Hall–Kier alpha value is -2.08. The van der Waals surface area contributed by atoms with Gasteiger partial charge in [-0.25, -0.2) is 4.68 Å². The van der Waals surface area contributed by atoms with Crippen molar-refractivity contribution >= 4 is 0 Å². The Morgan fingerprint density at radius 3 is 2.41 bits per heavy atom. The number of hydrogen-bond acceptors (Lipinski definition) is 2. The van der Waals surface area contributed by atoms with Gasteiger partial charge in [0.1, 0.15) is 6.07 Å². The molecule has 0 saturated heterocycles. The monoisotopic (exact) mass is 225 g/mol. The second kappa shape index (κ2) is 4.42. The highest BCUT2D eigenvalue weighted by molar-refractivity contribution is 5.41. The van der Waals surface area contributed by atoms with E-state index in [0.29, 0.717) is 5.56 Å². The van der Waals surface area contributed by atoms with E-state index in [1.54, 1.807) is 6.20 Å². The second-order valence-electron chi connectivity index (χ2n) is 4.46. The second-order valence-corrected chi connectivity index (χ2v) is 4.46. The smallest absolute Gasteiger partial charge is 0.103 e. The van der Waals surface area contributed by atoms with Crippen LogP contribution in [0.2, 0.25) is 0 Å². The van der Waals surface area contributed by atoms with Crippen molar-refractivity contribution in [1.82, 2.24) is 9.78 Å². The van der Waals surface area contributed by atoms with E-state index in [4.69, 9.17) is 5.26 Å². The van der Waals surface area contributed by atoms with Gasteiger partial charge >= 0.3 is 0 Å². The predicted octanol–water partition coefficient (Wildman–Crippen LogP) is 3.18. The topological polar surface area (TPSA) is 41.6 Å². The van der Waals surface area contributed by atoms with Gasteiger partial charge in [-0.3, -0.25) is 0 Å². The highest BCUT2D eigenvalue weighted by Crippen LogP contribution is 2.22. The minimum absolute atomic E-state index is 0.272. The third-order valence-corrected chi connectivity index (χ3v) is 2.75. The zero-order valence-electron chi connectivity index (χ0n) is 10.3. The molecule has 0 atom stereocenters. The Morgan fingerprint density at radius 2 is 1.88 bits per heavy atom. The first-order valence-electron chi connectivity index (χ1n) is 5.68. The van der Waals surface area contributed by atoms with Crippen LogP contribution in [-0.4, -0.2) is 9.78 Å². The van der Waals surface area contributed by atoms with E-state index in [9.17, 15) is 0 Å². The maximum Gasteiger partial charge on any atom is 0.103 e. The molecule has 0 amide bonds. The fourth-order valence-corrected chi connectivity index (χ4v) is 1.89. The quantitative estimate of drug-likeness (QED) is 0.787. The minimum Gasteiger partial charge on any atom is -0.236 e. The summed E-state index contributed by atoms with van der Waals surface area (Å²) in [6.07, 6.45) is 1.63. The molecule has 0 radical (unpaired) electrons. The van der Waals surface area contributed by atoms with Crippen LogP contribution in [0.15, 0.2) is 30.5 Å². The normalized spacial score (nSPS) is 10.5. The first-order valence-corrected chi connectivity index (χ1v) is 5.68. The van der Waals surface area contributed by atoms with Crippen molar-refractivity contribution in [3.8, 4) is 11.8 Å². The molecule has 2 rings (SSSR count). The molecule has 0 unspecified atom stereocenters. The molecule has 17 heavy (non-hydrogen) atoms. The fourth-order valence-electron chi connectivity index (χ4n) is 1.89. The summed E-state index contributed by atoms with van der Waals surface area (Å²) in [5, 5.41) is 13.4. The molecule has 1 aromatic heterocycles. The summed E-state index contributed by atoms with van der Waals surface area (Å²) in [6, 6.07) is 10.3. The van der Waals surface area contributed by atoms with E-state index >= 15 is 0 Å². The van der Waals surface area contributed by atoms with Crippen LogP contribution in [0.25, 0.3) is 5.69 Å². The number of aromatic nitrogens is 2. The lowest BCUT2D eigenvalue weighted by Crippen LogP contribution is -2.04. The fraction of sp³-hybridized carbons (Fsp3) is 0.286. The third-order valence-electron chi connectivity index (χ3n) is 2.75. The van der Waals surface area contributed by atoms with Gasteiger partial charge in [-0.1, -0.05) is 31.5 Å². The Kier molecular flexibility index (Phi) is 2.97. The van der Waals surface area contributed by atoms with Crippen molar-refractivity contribution in [2.45, 2.75) is 26.7 Å². The van der Waals surface area contributed by atoms with Crippen LogP contribution in [0, 0.1) is 18.3 Å². The molecule has 3 nitrogen and oxygen atoms in total. The summed E-state index contributed by atoms with van der Waals surface area (Å²) < 4.78 is 1.85. The van der Waals surface area contributed by atoms with E-state index in [-0.39, 0.29) is 5.92 Å². The molecule has 0 saturated carbocycles. The van der Waals surface area contributed by atoms with Gasteiger partial charge in [0.2, 0.25) is 0 Å². The number of hydrogen-bond donors (Lipinski definition) is 0. The summed E-state index contributed by atoms with van der Waals surface area (Å²) in [7, 11) is 0. The molecule has 86 valence electrons. The van der Waals surface area contributed by atoms with Crippen LogP contribution < -0.4 is 0 Å². The van der Waals surface area contributed by atoms with Crippen LogP contribution in [0.3, 0.4) is 0 Å². The molecule has 0 aliphatic rings. The van der Waals surface area contributed by atoms with E-state index in [2.05, 4.69) is 31.9 Å². The van der Waals surface area contributed by atoms with Crippen LogP contribution in [-0.2, 0) is 0 Å². The maximum absolute atomic E-state index is 9.07. The average Bonchev–Trinajstić information content (AvgIpc) is 2.73. The van der Waals surface area contributed by atoms with Crippen molar-refractivity contribution in [2.24, 2.45) is 0 Å². The highest BCUT2D eigenvalue weighted by atomic mass is 15.3. The average molecular weight is 225 g/mol. The number of rotatable bonds is 2. The van der Waals surface area contributed by atoms with Gasteiger partial charge in [0.15, 0.2) is 0 Å². The minimum atomic E-state index is 0.272. The lowest BCUT2D eigenvalue weighted by atomic mass is 10.1. The first-order chi connectivity index (χ1) is 8.13. The number of aryl methyl sites for hydroxylation is 1. The number of benzene rings is 1. The van der Waals surface area contributed by atoms with Crippen LogP contribution in [0.1, 0.15) is 36.6 Å². The Balaban J connectivity index is 2.56. The zero-order valence-corrected chi connectivity index (χ0v) is 10.3. The van der Waals surface area contributed by atoms with Crippen molar-refractivity contribution in [3.63, 3.8) is 0 Å². The zero-order chi connectivity index (χ0) is 12.4. The van der Waals surface area contributed by atoms with E-state index in [0.717, 1.165) is 11.4 Å². The summed E-state index contributed by atoms with van der Waals surface area (Å²) >= 11 is 0. The summed E-state index contributed by atoms with van der Waals surface area (Å²) in [5.41, 5.74) is 3.84. The van der Waals surface area contributed by atoms with E-state index < -0.39 is 0 Å². The molecule has 2 aromatic rings. The van der Waals surface area contributed by atoms with Crippen molar-refractivity contribution in [3.05, 3.63) is 47.3 Å². The Labute approximate surface area is 101 Å². The molecular weight excluding hydrogens is 210 g/mol. The lowest BCUT2D eigenvalue weighted by molar-refractivity contribution is 0.732. The molecule has 0 fully saturated rings. The van der Waals surface area contributed by atoms with Crippen molar-refractivity contribution in [2.75, 3.05) is 0 Å². The molecule has 0 aliphatic heterocycles. The molecule has 3 heteroatoms. The van der Waals surface area contributed by atoms with Crippen molar-refractivity contribution < 1.29 is 0 Å². The van der Waals surface area contributed by atoms with Gasteiger partial charge in [-0.15, -0.1) is 0 Å². The maximum atomic E-state index is 9.07.